The summed E-state index contributed by atoms with van der Waals surface area (Å²) in [5, 5.41) is 6.33. The molecule has 0 bridgehead atoms. The monoisotopic (exact) mass is 342 g/mol. The third-order valence-corrected chi connectivity index (χ3v) is 4.41. The number of carbonyl (C=O) groups excluding carboxylic acids is 2. The minimum Gasteiger partial charge on any atom is -0.381 e. The maximum absolute atomic E-state index is 12.1. The Morgan fingerprint density at radius 3 is 2.80 bits per heavy atom. The quantitative estimate of drug-likeness (QED) is 0.753. The Bertz CT molecular complexity index is 754. The number of ether oxygens (including phenoxy) is 1. The van der Waals surface area contributed by atoms with Crippen LogP contribution in [0, 0.1) is 5.92 Å². The lowest BCUT2D eigenvalue weighted by atomic mass is 9.92. The number of nitrogens with two attached hydrogens (primary N) is 1. The van der Waals surface area contributed by atoms with Gasteiger partial charge in [0, 0.05) is 24.8 Å². The highest BCUT2D eigenvalue weighted by atomic mass is 16.5. The van der Waals surface area contributed by atoms with Gasteiger partial charge in [-0.05, 0) is 30.9 Å². The fraction of sp³-hybridized carbons (Fsp3) is 0.389. The molecule has 2 amide bonds. The molecule has 0 saturated carbocycles. The molecule has 1 atom stereocenters. The summed E-state index contributed by atoms with van der Waals surface area (Å²) in [6.07, 6.45) is 3.21. The van der Waals surface area contributed by atoms with E-state index in [0.29, 0.717) is 24.4 Å². The minimum absolute atomic E-state index is 0.0964. The summed E-state index contributed by atoms with van der Waals surface area (Å²) in [4.78, 5) is 28.6. The molecule has 2 aromatic rings. The largest absolute Gasteiger partial charge is 0.381 e. The molecule has 2 heterocycles. The first kappa shape index (κ1) is 17.3. The Balaban J connectivity index is 1.54. The number of amides is 2. The van der Waals surface area contributed by atoms with E-state index in [0.717, 1.165) is 18.2 Å². The van der Waals surface area contributed by atoms with Gasteiger partial charge in [0.15, 0.2) is 0 Å². The number of anilines is 1. The van der Waals surface area contributed by atoms with Crippen molar-refractivity contribution in [3.8, 4) is 0 Å². The van der Waals surface area contributed by atoms with Gasteiger partial charge in [-0.25, -0.2) is 0 Å². The van der Waals surface area contributed by atoms with Gasteiger partial charge in [0.1, 0.15) is 0 Å². The number of pyridine rings is 1. The highest BCUT2D eigenvalue weighted by Crippen LogP contribution is 2.20. The second-order valence-corrected chi connectivity index (χ2v) is 6.12. The molecular formula is C18H22N4O3. The Hall–Kier alpha value is -2.51. The van der Waals surface area contributed by atoms with Crippen molar-refractivity contribution in [2.45, 2.75) is 18.9 Å². The van der Waals surface area contributed by atoms with E-state index in [1.54, 1.807) is 12.3 Å². The van der Waals surface area contributed by atoms with E-state index in [2.05, 4.69) is 15.6 Å². The molecule has 7 heteroatoms. The van der Waals surface area contributed by atoms with Gasteiger partial charge >= 0.3 is 0 Å². The number of nitrogens with one attached hydrogen (secondary N) is 2. The zero-order chi connectivity index (χ0) is 17.6. The van der Waals surface area contributed by atoms with Gasteiger partial charge < -0.3 is 21.1 Å². The van der Waals surface area contributed by atoms with Crippen molar-refractivity contribution in [1.82, 2.24) is 10.3 Å². The van der Waals surface area contributed by atoms with Crippen LogP contribution in [0.5, 0.6) is 0 Å². The second kappa shape index (κ2) is 8.04. The number of hydrogen-bond acceptors (Lipinski definition) is 5. The van der Waals surface area contributed by atoms with Crippen molar-refractivity contribution < 1.29 is 14.3 Å². The van der Waals surface area contributed by atoms with Crippen LogP contribution in [0.2, 0.25) is 0 Å². The first-order valence-electron chi connectivity index (χ1n) is 8.40. The van der Waals surface area contributed by atoms with Crippen LogP contribution in [-0.2, 0) is 14.3 Å². The van der Waals surface area contributed by atoms with Crippen molar-refractivity contribution in [2.24, 2.45) is 11.7 Å². The predicted molar refractivity (Wildman–Crippen MR) is 94.9 cm³/mol. The fourth-order valence-corrected chi connectivity index (χ4v) is 2.97. The standard InChI is InChI=1S/C18H22N4O3/c19-16(12-6-9-25-10-7-12)18(24)21-11-15(23)22-14-5-1-3-13-4-2-8-20-17(13)14/h1-5,8,12,16H,6-7,9-11,19H2,(H,21,24)(H,22,23). The number of aromatic nitrogens is 1. The lowest BCUT2D eigenvalue weighted by Crippen LogP contribution is -2.48. The Labute approximate surface area is 145 Å². The first-order valence-corrected chi connectivity index (χ1v) is 8.40. The summed E-state index contributed by atoms with van der Waals surface area (Å²) in [5.41, 5.74) is 7.32. The van der Waals surface area contributed by atoms with Crippen LogP contribution in [0.25, 0.3) is 10.9 Å². The van der Waals surface area contributed by atoms with E-state index in [9.17, 15) is 9.59 Å². The number of carbonyl (C=O) groups is 2. The van der Waals surface area contributed by atoms with Gasteiger partial charge in [0.05, 0.1) is 23.8 Å². The van der Waals surface area contributed by atoms with Crippen molar-refractivity contribution >= 4 is 28.4 Å². The van der Waals surface area contributed by atoms with Crippen LogP contribution in [0.1, 0.15) is 12.8 Å². The van der Waals surface area contributed by atoms with Gasteiger partial charge in [-0.15, -0.1) is 0 Å². The molecule has 4 N–H and O–H groups in total. The van der Waals surface area contributed by atoms with Crippen LogP contribution >= 0.6 is 0 Å². The first-order chi connectivity index (χ1) is 12.1. The van der Waals surface area contributed by atoms with Gasteiger partial charge in [-0.3, -0.25) is 14.6 Å². The summed E-state index contributed by atoms with van der Waals surface area (Å²) in [6, 6.07) is 8.70. The van der Waals surface area contributed by atoms with E-state index in [1.807, 2.05) is 24.3 Å². The molecule has 1 aliphatic rings. The van der Waals surface area contributed by atoms with Crippen molar-refractivity contribution in [3.63, 3.8) is 0 Å². The molecule has 1 aromatic carbocycles. The normalized spacial score (nSPS) is 16.4. The molecule has 0 radical (unpaired) electrons. The van der Waals surface area contributed by atoms with E-state index < -0.39 is 6.04 Å². The molecule has 132 valence electrons. The highest BCUT2D eigenvalue weighted by Gasteiger charge is 2.26. The molecule has 0 spiro atoms. The summed E-state index contributed by atoms with van der Waals surface area (Å²) < 4.78 is 5.27. The van der Waals surface area contributed by atoms with Crippen LogP contribution in [0.4, 0.5) is 5.69 Å². The number of nitrogens with zero attached hydrogens (tertiary/aromatic N) is 1. The Morgan fingerprint density at radius 2 is 2.00 bits per heavy atom. The molecule has 7 nitrogen and oxygen atoms in total. The summed E-state index contributed by atoms with van der Waals surface area (Å²) in [7, 11) is 0. The summed E-state index contributed by atoms with van der Waals surface area (Å²) in [6.45, 7) is 1.12. The second-order valence-electron chi connectivity index (χ2n) is 6.12. The molecule has 1 aliphatic heterocycles. The minimum atomic E-state index is -0.615. The fourth-order valence-electron chi connectivity index (χ4n) is 2.97. The molecule has 1 unspecified atom stereocenters. The summed E-state index contributed by atoms with van der Waals surface area (Å²) in [5.74, 6) is -0.525. The van der Waals surface area contributed by atoms with E-state index in [-0.39, 0.29) is 24.3 Å². The number of para-hydroxylation sites is 1. The van der Waals surface area contributed by atoms with Crippen LogP contribution in [0.3, 0.4) is 0 Å². The zero-order valence-electron chi connectivity index (χ0n) is 13.9. The van der Waals surface area contributed by atoms with Crippen molar-refractivity contribution in [3.05, 3.63) is 36.5 Å². The zero-order valence-corrected chi connectivity index (χ0v) is 13.9. The van der Waals surface area contributed by atoms with Crippen molar-refractivity contribution in [2.75, 3.05) is 25.1 Å². The predicted octanol–water partition coefficient (Wildman–Crippen LogP) is 1.04. The Kier molecular flexibility index (Phi) is 5.57. The SMILES string of the molecule is NC(C(=O)NCC(=O)Nc1cccc2cccnc12)C1CCOCC1. The number of hydrogen-bond donors (Lipinski definition) is 3. The third kappa shape index (κ3) is 4.32. The average Bonchev–Trinajstić information content (AvgIpc) is 2.66. The van der Waals surface area contributed by atoms with Gasteiger partial charge in [0.2, 0.25) is 11.8 Å². The van der Waals surface area contributed by atoms with Gasteiger partial charge in [-0.1, -0.05) is 18.2 Å². The smallest absolute Gasteiger partial charge is 0.243 e. The summed E-state index contributed by atoms with van der Waals surface area (Å²) >= 11 is 0. The maximum atomic E-state index is 12.1. The van der Waals surface area contributed by atoms with Crippen LogP contribution < -0.4 is 16.4 Å². The van der Waals surface area contributed by atoms with Crippen molar-refractivity contribution in [1.29, 1.82) is 0 Å². The number of fused-ring (bicyclic) bond motifs is 1. The van der Waals surface area contributed by atoms with Gasteiger partial charge in [0.25, 0.3) is 0 Å². The van der Waals surface area contributed by atoms with Crippen LogP contribution in [-0.4, -0.2) is 42.6 Å². The van der Waals surface area contributed by atoms with E-state index in [1.165, 1.54) is 0 Å². The van der Waals surface area contributed by atoms with Crippen LogP contribution in [0.15, 0.2) is 36.5 Å². The molecule has 1 aromatic heterocycles. The lowest BCUT2D eigenvalue weighted by Gasteiger charge is -2.26. The molecular weight excluding hydrogens is 320 g/mol. The van der Waals surface area contributed by atoms with E-state index in [4.69, 9.17) is 10.5 Å². The molecule has 25 heavy (non-hydrogen) atoms. The highest BCUT2D eigenvalue weighted by molar-refractivity contribution is 6.01. The topological polar surface area (TPSA) is 106 Å². The average molecular weight is 342 g/mol. The number of rotatable bonds is 5. The molecule has 1 saturated heterocycles. The molecule has 1 fully saturated rings. The lowest BCUT2D eigenvalue weighted by molar-refractivity contribution is -0.126. The Morgan fingerprint density at radius 1 is 1.24 bits per heavy atom. The maximum Gasteiger partial charge on any atom is 0.243 e. The van der Waals surface area contributed by atoms with Gasteiger partial charge in [-0.2, -0.15) is 0 Å². The van der Waals surface area contributed by atoms with E-state index >= 15 is 0 Å². The molecule has 0 aliphatic carbocycles. The molecule has 3 rings (SSSR count). The number of benzene rings is 1. The third-order valence-electron chi connectivity index (χ3n) is 4.41.